The highest BCUT2D eigenvalue weighted by atomic mass is 16.5. The molecule has 0 aliphatic carbocycles. The lowest BCUT2D eigenvalue weighted by molar-refractivity contribution is -0.0694. The molecule has 72 valence electrons. The number of aliphatic hydroxyl groups is 2. The Morgan fingerprint density at radius 1 is 1.58 bits per heavy atom. The quantitative estimate of drug-likeness (QED) is 0.410. The third-order valence-corrected chi connectivity index (χ3v) is 1.70. The third-order valence-electron chi connectivity index (χ3n) is 1.70. The van der Waals surface area contributed by atoms with Crippen LogP contribution >= 0.6 is 0 Å². The second-order valence-electron chi connectivity index (χ2n) is 2.99. The Bertz CT molecular complexity index is 113. The van der Waals surface area contributed by atoms with Gasteiger partial charge in [0.2, 0.25) is 0 Å². The van der Waals surface area contributed by atoms with Crippen LogP contribution in [0.1, 0.15) is 13.3 Å². The van der Waals surface area contributed by atoms with Crippen LogP contribution in [0.5, 0.6) is 0 Å². The number of ether oxygens (including phenoxy) is 1. The Morgan fingerprint density at radius 3 is 2.50 bits per heavy atom. The normalized spacial score (nSPS) is 18.7. The fraction of sp³-hybridized carbons (Fsp3) is 1.00. The molecule has 0 radical (unpaired) electrons. The molecule has 0 saturated heterocycles. The maximum Gasteiger partial charge on any atom is 0.139 e. The van der Waals surface area contributed by atoms with E-state index in [4.69, 9.17) is 20.7 Å². The minimum Gasteiger partial charge on any atom is -0.394 e. The zero-order valence-corrected chi connectivity index (χ0v) is 7.73. The van der Waals surface area contributed by atoms with Gasteiger partial charge in [-0.2, -0.15) is 0 Å². The van der Waals surface area contributed by atoms with Crippen LogP contribution in [0.3, 0.4) is 0 Å². The number of nitrogens with two attached hydrogens (primary N) is 1. The van der Waals surface area contributed by atoms with Crippen LogP contribution < -0.4 is 5.73 Å². The van der Waals surface area contributed by atoms with Crippen molar-refractivity contribution in [3.8, 4) is 0 Å². The lowest BCUT2D eigenvalue weighted by Crippen LogP contribution is -2.35. The summed E-state index contributed by atoms with van der Waals surface area (Å²) in [6.07, 6.45) is -0.398. The molecular formula is C7H18BNO3. The van der Waals surface area contributed by atoms with Gasteiger partial charge in [-0.3, -0.25) is 0 Å². The molecular weight excluding hydrogens is 157 g/mol. The summed E-state index contributed by atoms with van der Waals surface area (Å²) in [5, 5.41) is 17.9. The van der Waals surface area contributed by atoms with E-state index >= 15 is 0 Å². The van der Waals surface area contributed by atoms with E-state index in [9.17, 15) is 0 Å². The Balaban J connectivity index is 3.69. The molecule has 0 aliphatic heterocycles. The molecule has 0 heterocycles. The molecule has 0 spiro atoms. The molecule has 0 aromatic heterocycles. The summed E-state index contributed by atoms with van der Waals surface area (Å²) < 4.78 is 5.32. The van der Waals surface area contributed by atoms with Gasteiger partial charge >= 0.3 is 0 Å². The largest absolute Gasteiger partial charge is 0.394 e. The first-order valence-electron chi connectivity index (χ1n) is 4.26. The Kier molecular flexibility index (Phi) is 6.37. The van der Waals surface area contributed by atoms with Gasteiger partial charge in [-0.25, -0.2) is 0 Å². The van der Waals surface area contributed by atoms with Crippen molar-refractivity contribution in [2.45, 2.75) is 31.6 Å². The highest BCUT2D eigenvalue weighted by Crippen LogP contribution is 2.03. The van der Waals surface area contributed by atoms with Gasteiger partial charge in [0.25, 0.3) is 0 Å². The van der Waals surface area contributed by atoms with Crippen LogP contribution in [0.25, 0.3) is 0 Å². The molecule has 0 amide bonds. The number of rotatable bonds is 6. The van der Waals surface area contributed by atoms with Crippen molar-refractivity contribution < 1.29 is 14.9 Å². The van der Waals surface area contributed by atoms with Crippen molar-refractivity contribution in [1.29, 1.82) is 0 Å². The lowest BCUT2D eigenvalue weighted by atomic mass is 9.96. The van der Waals surface area contributed by atoms with E-state index in [2.05, 4.69) is 0 Å². The Morgan fingerprint density at radius 2 is 2.17 bits per heavy atom. The predicted octanol–water partition coefficient (Wildman–Crippen LogP) is -1.95. The molecule has 4 nitrogen and oxygen atoms in total. The number of hydrogen-bond acceptors (Lipinski definition) is 4. The molecule has 0 aliphatic rings. The highest BCUT2D eigenvalue weighted by molar-refractivity contribution is 6.11. The average molecular weight is 175 g/mol. The van der Waals surface area contributed by atoms with Crippen LogP contribution in [-0.4, -0.2) is 49.4 Å². The molecule has 0 fully saturated rings. The van der Waals surface area contributed by atoms with Gasteiger partial charge in [0.05, 0.1) is 12.7 Å². The van der Waals surface area contributed by atoms with E-state index in [-0.39, 0.29) is 12.6 Å². The third kappa shape index (κ3) is 4.72. The van der Waals surface area contributed by atoms with Crippen molar-refractivity contribution in [3.05, 3.63) is 0 Å². The standard InChI is InChI=1S/C7H18BNO3/c1-5(11)6(4-10)12-7(8)2-3-9/h5-7,10-11H,2-4,8-9H2,1H3/t5?,6-,7?/m1/s1. The maximum atomic E-state index is 9.11. The molecule has 5 heteroatoms. The average Bonchev–Trinajstić information content (AvgIpc) is 2.00. The summed E-state index contributed by atoms with van der Waals surface area (Å²) in [6, 6.07) is -0.0123. The van der Waals surface area contributed by atoms with Crippen molar-refractivity contribution in [2.24, 2.45) is 5.73 Å². The Labute approximate surface area is 74.1 Å². The first-order valence-corrected chi connectivity index (χ1v) is 4.26. The van der Waals surface area contributed by atoms with E-state index in [1.54, 1.807) is 6.92 Å². The van der Waals surface area contributed by atoms with Gasteiger partial charge in [-0.1, -0.05) is 0 Å². The minimum absolute atomic E-state index is 0.0123. The SMILES string of the molecule is BC(CCN)O[C@H](CO)C(C)O. The molecule has 2 unspecified atom stereocenters. The molecule has 12 heavy (non-hydrogen) atoms. The Hall–Kier alpha value is -0.0951. The van der Waals surface area contributed by atoms with Crippen LogP contribution in [-0.2, 0) is 4.74 Å². The summed E-state index contributed by atoms with van der Waals surface area (Å²) in [6.45, 7) is 1.99. The molecule has 0 bridgehead atoms. The zero-order chi connectivity index (χ0) is 9.56. The van der Waals surface area contributed by atoms with Gasteiger partial charge in [0.15, 0.2) is 0 Å². The van der Waals surface area contributed by atoms with Crippen LogP contribution in [0, 0.1) is 0 Å². The van der Waals surface area contributed by atoms with Crippen LogP contribution in [0.4, 0.5) is 0 Å². The number of aliphatic hydroxyl groups excluding tert-OH is 2. The van der Waals surface area contributed by atoms with E-state index < -0.39 is 12.2 Å². The fourth-order valence-corrected chi connectivity index (χ4v) is 0.910. The molecule has 0 saturated carbocycles. The van der Waals surface area contributed by atoms with E-state index in [1.165, 1.54) is 0 Å². The van der Waals surface area contributed by atoms with E-state index in [0.29, 0.717) is 6.54 Å². The molecule has 4 N–H and O–H groups in total. The van der Waals surface area contributed by atoms with Crippen molar-refractivity contribution in [2.75, 3.05) is 13.2 Å². The maximum absolute atomic E-state index is 9.11. The smallest absolute Gasteiger partial charge is 0.139 e. The summed E-state index contributed by atoms with van der Waals surface area (Å²) >= 11 is 0. The van der Waals surface area contributed by atoms with Crippen molar-refractivity contribution >= 4 is 7.85 Å². The topological polar surface area (TPSA) is 75.7 Å². The molecule has 0 aromatic carbocycles. The fourth-order valence-electron chi connectivity index (χ4n) is 0.910. The molecule has 3 atom stereocenters. The van der Waals surface area contributed by atoms with Gasteiger partial charge in [-0.05, 0) is 19.9 Å². The van der Waals surface area contributed by atoms with Crippen LogP contribution in [0.15, 0.2) is 0 Å². The minimum atomic E-state index is -0.643. The first-order chi connectivity index (χ1) is 5.61. The predicted molar refractivity (Wildman–Crippen MR) is 49.6 cm³/mol. The van der Waals surface area contributed by atoms with Gasteiger partial charge in [0.1, 0.15) is 14.0 Å². The van der Waals surface area contributed by atoms with E-state index in [0.717, 1.165) is 6.42 Å². The molecule has 0 rings (SSSR count). The summed E-state index contributed by atoms with van der Waals surface area (Å²) in [7, 11) is 1.87. The van der Waals surface area contributed by atoms with Crippen LogP contribution in [0.2, 0.25) is 0 Å². The summed E-state index contributed by atoms with van der Waals surface area (Å²) in [5.74, 6) is 0. The number of hydrogen-bond donors (Lipinski definition) is 3. The highest BCUT2D eigenvalue weighted by Gasteiger charge is 2.16. The monoisotopic (exact) mass is 175 g/mol. The molecule has 0 aromatic rings. The second-order valence-corrected chi connectivity index (χ2v) is 2.99. The van der Waals surface area contributed by atoms with Crippen molar-refractivity contribution in [1.82, 2.24) is 0 Å². The van der Waals surface area contributed by atoms with Gasteiger partial charge < -0.3 is 20.7 Å². The lowest BCUT2D eigenvalue weighted by Gasteiger charge is -2.22. The summed E-state index contributed by atoms with van der Waals surface area (Å²) in [5.41, 5.74) is 5.32. The van der Waals surface area contributed by atoms with Crippen molar-refractivity contribution in [3.63, 3.8) is 0 Å². The first kappa shape index (κ1) is 11.9. The zero-order valence-electron chi connectivity index (χ0n) is 7.73. The van der Waals surface area contributed by atoms with Gasteiger partial charge in [-0.15, -0.1) is 0 Å². The second kappa shape index (κ2) is 6.42. The van der Waals surface area contributed by atoms with E-state index in [1.807, 2.05) is 7.85 Å². The summed E-state index contributed by atoms with van der Waals surface area (Å²) in [4.78, 5) is 0. The van der Waals surface area contributed by atoms with Gasteiger partial charge in [0, 0.05) is 6.00 Å².